The first-order chi connectivity index (χ1) is 14.2. The molecule has 0 spiro atoms. The summed E-state index contributed by atoms with van der Waals surface area (Å²) < 4.78 is 24.0. The summed E-state index contributed by atoms with van der Waals surface area (Å²) >= 11 is 0. The lowest BCUT2D eigenvalue weighted by Crippen LogP contribution is -1.92. The third-order valence-electron chi connectivity index (χ3n) is 4.27. The number of fused-ring (bicyclic) bond motifs is 2. The van der Waals surface area contributed by atoms with Gasteiger partial charge in [-0.3, -0.25) is 0 Å². The van der Waals surface area contributed by atoms with Crippen LogP contribution in [0.2, 0.25) is 0 Å². The number of pyridine rings is 1. The van der Waals surface area contributed by atoms with Crippen molar-refractivity contribution >= 4 is 0 Å². The van der Waals surface area contributed by atoms with Crippen molar-refractivity contribution < 1.29 is 13.9 Å². The number of ether oxygens (including phenoxy) is 2. The molecule has 0 radical (unpaired) electrons. The minimum absolute atomic E-state index is 0.0625. The molecule has 0 amide bonds. The Morgan fingerprint density at radius 1 is 0.897 bits per heavy atom. The van der Waals surface area contributed by atoms with Crippen molar-refractivity contribution in [2.24, 2.45) is 0 Å². The lowest BCUT2D eigenvalue weighted by Gasteiger charge is -2.03. The topological polar surface area (TPSA) is 31.4 Å². The minimum Gasteiger partial charge on any atom is -0.493 e. The summed E-state index contributed by atoms with van der Waals surface area (Å²) in [5.74, 6) is 1.50. The summed E-state index contributed by atoms with van der Waals surface area (Å²) in [4.78, 5) is 4.21. The van der Waals surface area contributed by atoms with Gasteiger partial charge >= 0.3 is 0 Å². The van der Waals surface area contributed by atoms with Crippen molar-refractivity contribution in [2.75, 3.05) is 13.2 Å². The van der Waals surface area contributed by atoms with Crippen LogP contribution < -0.4 is 9.47 Å². The molecular formula is C25H40FNO2. The van der Waals surface area contributed by atoms with Crippen LogP contribution in [0.1, 0.15) is 77.6 Å². The molecule has 4 rings (SSSR count). The second-order valence-electron chi connectivity index (χ2n) is 5.73. The standard InChI is InChI=1S/C10H11FO.C9H11NO.3C2H6/c1-2-7-3-4-9-8(10(7)11)5-6-12-9;1-2-7-5-8-3-4-11-9(8)10-6-7;3*1-2/h3-4H,2,5-6H2,1H3;5-6H,2-4H2,1H3;3*1-2H3. The SMILES string of the molecule is CC.CC.CC.CCc1ccc2c(c1F)CCO2.CCc1cnc2c(c1)CCO2. The van der Waals surface area contributed by atoms with E-state index in [0.717, 1.165) is 55.0 Å². The lowest BCUT2D eigenvalue weighted by molar-refractivity contribution is 0.344. The van der Waals surface area contributed by atoms with E-state index in [-0.39, 0.29) is 5.82 Å². The Hall–Kier alpha value is -2.10. The molecule has 2 aromatic rings. The molecule has 0 saturated carbocycles. The molecule has 0 aliphatic carbocycles. The summed E-state index contributed by atoms with van der Waals surface area (Å²) in [5.41, 5.74) is 4.12. The van der Waals surface area contributed by atoms with E-state index < -0.39 is 0 Å². The zero-order chi connectivity index (χ0) is 22.2. The van der Waals surface area contributed by atoms with Gasteiger partial charge in [-0.25, -0.2) is 9.37 Å². The average molecular weight is 406 g/mol. The van der Waals surface area contributed by atoms with E-state index in [1.165, 1.54) is 11.1 Å². The van der Waals surface area contributed by atoms with Crippen LogP contribution in [0.15, 0.2) is 24.4 Å². The van der Waals surface area contributed by atoms with Crippen LogP contribution in [-0.4, -0.2) is 18.2 Å². The molecule has 0 atom stereocenters. The molecule has 2 aliphatic rings. The van der Waals surface area contributed by atoms with Crippen LogP contribution in [0.4, 0.5) is 4.39 Å². The Balaban J connectivity index is 0.000000432. The van der Waals surface area contributed by atoms with Gasteiger partial charge in [-0.05, 0) is 36.1 Å². The van der Waals surface area contributed by atoms with Crippen molar-refractivity contribution in [2.45, 2.75) is 81.1 Å². The second kappa shape index (κ2) is 15.8. The van der Waals surface area contributed by atoms with Gasteiger partial charge in [0.05, 0.1) is 13.2 Å². The number of nitrogens with zero attached hydrogens (tertiary/aromatic N) is 1. The molecule has 3 heterocycles. The molecule has 4 heteroatoms. The smallest absolute Gasteiger partial charge is 0.216 e. The fourth-order valence-electron chi connectivity index (χ4n) is 2.86. The zero-order valence-corrected chi connectivity index (χ0v) is 19.7. The van der Waals surface area contributed by atoms with Crippen molar-refractivity contribution in [3.63, 3.8) is 0 Å². The Morgan fingerprint density at radius 2 is 1.55 bits per heavy atom. The summed E-state index contributed by atoms with van der Waals surface area (Å²) in [7, 11) is 0. The van der Waals surface area contributed by atoms with Crippen molar-refractivity contribution in [1.82, 2.24) is 4.98 Å². The lowest BCUT2D eigenvalue weighted by atomic mass is 10.1. The molecule has 1 aromatic carbocycles. The van der Waals surface area contributed by atoms with E-state index in [9.17, 15) is 4.39 Å². The maximum Gasteiger partial charge on any atom is 0.216 e. The maximum atomic E-state index is 13.5. The van der Waals surface area contributed by atoms with Gasteiger partial charge in [-0.15, -0.1) is 0 Å². The summed E-state index contributed by atoms with van der Waals surface area (Å²) in [6, 6.07) is 5.86. The number of aromatic nitrogens is 1. The molecule has 164 valence electrons. The van der Waals surface area contributed by atoms with Gasteiger partial charge in [-0.2, -0.15) is 0 Å². The molecule has 0 fully saturated rings. The first kappa shape index (κ1) is 26.9. The Morgan fingerprint density at radius 3 is 2.17 bits per heavy atom. The highest BCUT2D eigenvalue weighted by molar-refractivity contribution is 5.41. The number of hydrogen-bond acceptors (Lipinski definition) is 3. The van der Waals surface area contributed by atoms with Crippen LogP contribution in [0.3, 0.4) is 0 Å². The van der Waals surface area contributed by atoms with Crippen molar-refractivity contribution in [3.8, 4) is 11.6 Å². The Kier molecular flexibility index (Phi) is 14.6. The molecule has 0 N–H and O–H groups in total. The highest BCUT2D eigenvalue weighted by Crippen LogP contribution is 2.29. The molecule has 0 saturated heterocycles. The third kappa shape index (κ3) is 7.68. The molecule has 29 heavy (non-hydrogen) atoms. The number of benzene rings is 1. The van der Waals surface area contributed by atoms with Gasteiger partial charge in [0.2, 0.25) is 5.88 Å². The molecule has 3 nitrogen and oxygen atoms in total. The molecule has 1 aromatic heterocycles. The molecule has 2 aliphatic heterocycles. The van der Waals surface area contributed by atoms with Crippen LogP contribution in [-0.2, 0) is 25.7 Å². The average Bonchev–Trinajstić information content (AvgIpc) is 3.48. The van der Waals surface area contributed by atoms with E-state index in [1.54, 1.807) is 6.07 Å². The highest BCUT2D eigenvalue weighted by atomic mass is 19.1. The van der Waals surface area contributed by atoms with Crippen LogP contribution in [0, 0.1) is 5.82 Å². The summed E-state index contributed by atoms with van der Waals surface area (Å²) in [6.45, 7) is 17.5. The van der Waals surface area contributed by atoms with Crippen molar-refractivity contribution in [1.29, 1.82) is 0 Å². The van der Waals surface area contributed by atoms with Gasteiger partial charge in [0.1, 0.15) is 11.6 Å². The largest absolute Gasteiger partial charge is 0.493 e. The summed E-state index contributed by atoms with van der Waals surface area (Å²) in [5, 5.41) is 0. The van der Waals surface area contributed by atoms with Gasteiger partial charge in [-0.1, -0.05) is 61.5 Å². The first-order valence-electron chi connectivity index (χ1n) is 11.3. The monoisotopic (exact) mass is 405 g/mol. The number of hydrogen-bond donors (Lipinski definition) is 0. The molecule has 0 unspecified atom stereocenters. The predicted molar refractivity (Wildman–Crippen MR) is 122 cm³/mol. The fraction of sp³-hybridized carbons (Fsp3) is 0.560. The third-order valence-corrected chi connectivity index (χ3v) is 4.27. The van der Waals surface area contributed by atoms with Crippen LogP contribution >= 0.6 is 0 Å². The zero-order valence-electron chi connectivity index (χ0n) is 19.7. The quantitative estimate of drug-likeness (QED) is 0.540. The van der Waals surface area contributed by atoms with E-state index in [0.29, 0.717) is 6.61 Å². The second-order valence-corrected chi connectivity index (χ2v) is 5.73. The van der Waals surface area contributed by atoms with Crippen LogP contribution in [0.25, 0.3) is 0 Å². The van der Waals surface area contributed by atoms with Crippen molar-refractivity contribution in [3.05, 3.63) is 52.5 Å². The Labute approximate surface area is 177 Å². The Bertz CT molecular complexity index is 701. The molecular weight excluding hydrogens is 365 g/mol. The van der Waals surface area contributed by atoms with E-state index >= 15 is 0 Å². The van der Waals surface area contributed by atoms with Crippen LogP contribution in [0.5, 0.6) is 11.6 Å². The first-order valence-corrected chi connectivity index (χ1v) is 11.3. The minimum atomic E-state index is -0.0625. The van der Waals surface area contributed by atoms with E-state index in [2.05, 4.69) is 18.0 Å². The molecule has 0 bridgehead atoms. The fourth-order valence-corrected chi connectivity index (χ4v) is 2.86. The highest BCUT2D eigenvalue weighted by Gasteiger charge is 2.18. The normalized spacial score (nSPS) is 11.9. The number of halogens is 1. The van der Waals surface area contributed by atoms with E-state index in [4.69, 9.17) is 9.47 Å². The van der Waals surface area contributed by atoms with Gasteiger partial charge in [0.25, 0.3) is 0 Å². The number of aryl methyl sites for hydroxylation is 2. The number of rotatable bonds is 2. The van der Waals surface area contributed by atoms with Gasteiger partial charge < -0.3 is 9.47 Å². The van der Waals surface area contributed by atoms with Gasteiger partial charge in [0, 0.05) is 30.2 Å². The van der Waals surface area contributed by atoms with Gasteiger partial charge in [0.15, 0.2) is 0 Å². The summed E-state index contributed by atoms with van der Waals surface area (Å²) in [6.07, 6.45) is 5.44. The maximum absolute atomic E-state index is 13.5. The predicted octanol–water partition coefficient (Wildman–Crippen LogP) is 6.98. The van der Waals surface area contributed by atoms with E-state index in [1.807, 2.05) is 60.7 Å².